The molecule has 142 valence electrons. The zero-order valence-electron chi connectivity index (χ0n) is 15.3. The molecule has 0 aliphatic rings. The number of rotatable bonds is 6. The maximum absolute atomic E-state index is 12.2. The fraction of sp³-hybridized carbons (Fsp3) is 0.263. The van der Waals surface area contributed by atoms with E-state index >= 15 is 0 Å². The van der Waals surface area contributed by atoms with E-state index in [1.54, 1.807) is 6.92 Å². The molecule has 2 N–H and O–H groups in total. The predicted molar refractivity (Wildman–Crippen MR) is 101 cm³/mol. The number of hydrogen-bond acceptors (Lipinski definition) is 5. The lowest BCUT2D eigenvalue weighted by Gasteiger charge is -2.18. The highest BCUT2D eigenvalue weighted by atomic mass is 16.6. The number of ether oxygens (including phenoxy) is 1. The highest BCUT2D eigenvalue weighted by Crippen LogP contribution is 2.27. The van der Waals surface area contributed by atoms with Crippen LogP contribution in [0.3, 0.4) is 0 Å². The second-order valence-electron chi connectivity index (χ2n) is 5.90. The predicted octanol–water partition coefficient (Wildman–Crippen LogP) is 3.12. The zero-order chi connectivity index (χ0) is 20.0. The van der Waals surface area contributed by atoms with Gasteiger partial charge in [-0.25, -0.2) is 0 Å². The third kappa shape index (κ3) is 5.04. The molecule has 1 unspecified atom stereocenters. The van der Waals surface area contributed by atoms with Gasteiger partial charge in [0.2, 0.25) is 0 Å². The second kappa shape index (κ2) is 8.79. The maximum Gasteiger partial charge on any atom is 0.313 e. The van der Waals surface area contributed by atoms with Gasteiger partial charge in [-0.1, -0.05) is 29.8 Å². The Morgan fingerprint density at radius 1 is 1.19 bits per heavy atom. The van der Waals surface area contributed by atoms with E-state index in [9.17, 15) is 19.7 Å². The lowest BCUT2D eigenvalue weighted by molar-refractivity contribution is -0.383. The first-order valence-electron chi connectivity index (χ1n) is 8.42. The molecule has 27 heavy (non-hydrogen) atoms. The van der Waals surface area contributed by atoms with Gasteiger partial charge in [-0.3, -0.25) is 19.7 Å². The third-order valence-corrected chi connectivity index (χ3v) is 3.83. The summed E-state index contributed by atoms with van der Waals surface area (Å²) in [5.41, 5.74) is 1.40. The summed E-state index contributed by atoms with van der Waals surface area (Å²) in [6, 6.07) is 10.7. The van der Waals surface area contributed by atoms with Crippen LogP contribution in [-0.4, -0.2) is 23.3 Å². The van der Waals surface area contributed by atoms with Crippen LogP contribution >= 0.6 is 0 Å². The zero-order valence-corrected chi connectivity index (χ0v) is 15.3. The number of nitrogens with zero attached hydrogens (tertiary/aromatic N) is 1. The Morgan fingerprint density at radius 3 is 2.56 bits per heavy atom. The van der Waals surface area contributed by atoms with Crippen molar-refractivity contribution in [1.82, 2.24) is 5.32 Å². The molecule has 0 aliphatic heterocycles. The Kier molecular flexibility index (Phi) is 6.48. The summed E-state index contributed by atoms with van der Waals surface area (Å²) in [6.07, 6.45) is 0. The van der Waals surface area contributed by atoms with E-state index in [0.717, 1.165) is 11.1 Å². The topological polar surface area (TPSA) is 111 Å². The van der Waals surface area contributed by atoms with Crippen LogP contribution in [0.15, 0.2) is 42.5 Å². The molecule has 0 fully saturated rings. The number of carbonyl (C=O) groups is 2. The van der Waals surface area contributed by atoms with Gasteiger partial charge in [0.05, 0.1) is 17.6 Å². The molecule has 0 aromatic heterocycles. The molecule has 0 radical (unpaired) electrons. The number of hydrogen-bond donors (Lipinski definition) is 2. The van der Waals surface area contributed by atoms with Gasteiger partial charge < -0.3 is 15.4 Å². The molecular formula is C19H21N3O5. The fourth-order valence-corrected chi connectivity index (χ4v) is 2.55. The number of aryl methyl sites for hydroxylation is 1. The van der Waals surface area contributed by atoms with Gasteiger partial charge in [0.1, 0.15) is 11.4 Å². The van der Waals surface area contributed by atoms with Crippen molar-refractivity contribution in [3.63, 3.8) is 0 Å². The number of nitro groups is 1. The number of para-hydroxylation sites is 2. The van der Waals surface area contributed by atoms with Crippen LogP contribution in [0.1, 0.15) is 31.0 Å². The Balaban J connectivity index is 2.12. The molecule has 2 aromatic carbocycles. The van der Waals surface area contributed by atoms with Crippen LogP contribution in [0.5, 0.6) is 5.75 Å². The van der Waals surface area contributed by atoms with Crippen LogP contribution in [0, 0.1) is 17.0 Å². The minimum absolute atomic E-state index is 0.0409. The van der Waals surface area contributed by atoms with Gasteiger partial charge in [-0.15, -0.1) is 0 Å². The Morgan fingerprint density at radius 2 is 1.89 bits per heavy atom. The number of carbonyl (C=O) groups excluding carboxylic acids is 2. The number of amides is 2. The van der Waals surface area contributed by atoms with Gasteiger partial charge in [-0.05, 0) is 32.9 Å². The number of benzene rings is 2. The average molecular weight is 371 g/mol. The molecule has 0 heterocycles. The molecule has 8 heteroatoms. The Hall–Kier alpha value is -3.42. The molecule has 2 aromatic rings. The normalized spacial score (nSPS) is 11.4. The summed E-state index contributed by atoms with van der Waals surface area (Å²) >= 11 is 0. The smallest absolute Gasteiger partial charge is 0.313 e. The molecule has 2 rings (SSSR count). The minimum atomic E-state index is -0.984. The van der Waals surface area contributed by atoms with Crippen LogP contribution < -0.4 is 15.4 Å². The summed E-state index contributed by atoms with van der Waals surface area (Å²) in [5.74, 6) is -1.26. The summed E-state index contributed by atoms with van der Waals surface area (Å²) in [6.45, 7) is 5.96. The molecule has 0 spiro atoms. The molecule has 2 amide bonds. The Labute approximate surface area is 156 Å². The maximum atomic E-state index is 12.2. The lowest BCUT2D eigenvalue weighted by Crippen LogP contribution is -2.37. The highest BCUT2D eigenvalue weighted by molar-refractivity contribution is 6.39. The van der Waals surface area contributed by atoms with Crippen molar-refractivity contribution >= 4 is 23.2 Å². The van der Waals surface area contributed by atoms with Gasteiger partial charge in [0.15, 0.2) is 0 Å². The summed E-state index contributed by atoms with van der Waals surface area (Å²) in [7, 11) is 0. The van der Waals surface area contributed by atoms with Crippen molar-refractivity contribution in [3.05, 3.63) is 63.7 Å². The summed E-state index contributed by atoms with van der Waals surface area (Å²) < 4.78 is 5.57. The van der Waals surface area contributed by atoms with Crippen LogP contribution in [-0.2, 0) is 9.59 Å². The third-order valence-electron chi connectivity index (χ3n) is 3.83. The van der Waals surface area contributed by atoms with E-state index < -0.39 is 22.8 Å². The van der Waals surface area contributed by atoms with Gasteiger partial charge in [0, 0.05) is 11.6 Å². The van der Waals surface area contributed by atoms with Crippen LogP contribution in [0.25, 0.3) is 0 Å². The van der Waals surface area contributed by atoms with Crippen molar-refractivity contribution < 1.29 is 19.2 Å². The van der Waals surface area contributed by atoms with E-state index in [1.807, 2.05) is 32.0 Å². The van der Waals surface area contributed by atoms with E-state index in [1.165, 1.54) is 24.3 Å². The molecule has 0 aliphatic carbocycles. The van der Waals surface area contributed by atoms with Crippen LogP contribution in [0.4, 0.5) is 11.4 Å². The van der Waals surface area contributed by atoms with E-state index in [2.05, 4.69) is 10.6 Å². The SMILES string of the molecule is CCOc1ccc(C)cc1C(C)NC(=O)C(=O)Nc1ccccc1[N+](=O)[O-]. The molecule has 0 saturated heterocycles. The van der Waals surface area contributed by atoms with Crippen LogP contribution in [0.2, 0.25) is 0 Å². The first-order valence-corrected chi connectivity index (χ1v) is 8.42. The van der Waals surface area contributed by atoms with E-state index in [-0.39, 0.29) is 11.4 Å². The van der Waals surface area contributed by atoms with Crippen molar-refractivity contribution in [2.24, 2.45) is 0 Å². The minimum Gasteiger partial charge on any atom is -0.494 e. The summed E-state index contributed by atoms with van der Waals surface area (Å²) in [5, 5.41) is 15.9. The quantitative estimate of drug-likeness (QED) is 0.460. The molecule has 1 atom stereocenters. The average Bonchev–Trinajstić information content (AvgIpc) is 2.63. The highest BCUT2D eigenvalue weighted by Gasteiger charge is 2.22. The largest absolute Gasteiger partial charge is 0.494 e. The summed E-state index contributed by atoms with van der Waals surface area (Å²) in [4.78, 5) is 34.8. The number of anilines is 1. The first-order chi connectivity index (χ1) is 12.8. The van der Waals surface area contributed by atoms with Crippen molar-refractivity contribution in [2.75, 3.05) is 11.9 Å². The van der Waals surface area contributed by atoms with E-state index in [0.29, 0.717) is 12.4 Å². The van der Waals surface area contributed by atoms with Crippen molar-refractivity contribution in [2.45, 2.75) is 26.8 Å². The lowest BCUT2D eigenvalue weighted by atomic mass is 10.0. The van der Waals surface area contributed by atoms with Crippen molar-refractivity contribution in [3.8, 4) is 5.75 Å². The monoisotopic (exact) mass is 371 g/mol. The van der Waals surface area contributed by atoms with Gasteiger partial charge in [-0.2, -0.15) is 0 Å². The first kappa shape index (κ1) is 19.9. The Bertz CT molecular complexity index is 866. The van der Waals surface area contributed by atoms with Gasteiger partial charge in [0.25, 0.3) is 5.69 Å². The molecule has 0 bridgehead atoms. The van der Waals surface area contributed by atoms with Crippen molar-refractivity contribution in [1.29, 1.82) is 0 Å². The molecule has 8 nitrogen and oxygen atoms in total. The standard InChI is InChI=1S/C19H21N3O5/c1-4-27-17-10-9-12(2)11-14(17)13(3)20-18(23)19(24)21-15-7-5-6-8-16(15)22(25)26/h5-11,13H,4H2,1-3H3,(H,20,23)(H,21,24). The number of nitro benzene ring substituents is 1. The van der Waals surface area contributed by atoms with E-state index in [4.69, 9.17) is 4.74 Å². The second-order valence-corrected chi connectivity index (χ2v) is 5.90. The fourth-order valence-electron chi connectivity index (χ4n) is 2.55. The van der Waals surface area contributed by atoms with Gasteiger partial charge >= 0.3 is 11.8 Å². The molecular weight excluding hydrogens is 350 g/mol. The molecule has 0 saturated carbocycles. The number of nitrogens with one attached hydrogen (secondary N) is 2.